The van der Waals surface area contributed by atoms with Crippen LogP contribution in [-0.2, 0) is 10.3 Å². The van der Waals surface area contributed by atoms with E-state index in [9.17, 15) is 18.8 Å². The van der Waals surface area contributed by atoms with Gasteiger partial charge in [-0.05, 0) is 50.1 Å². The number of hydrogen-bond donors (Lipinski definition) is 1. The number of carbonyl (C=O) groups excluding carboxylic acids is 3. The maximum Gasteiger partial charge on any atom is 0.325 e. The van der Waals surface area contributed by atoms with Gasteiger partial charge in [0.05, 0.1) is 6.54 Å². The van der Waals surface area contributed by atoms with Crippen molar-refractivity contribution in [1.29, 1.82) is 0 Å². The van der Waals surface area contributed by atoms with Gasteiger partial charge in [-0.1, -0.05) is 29.8 Å². The Morgan fingerprint density at radius 1 is 1.12 bits per heavy atom. The van der Waals surface area contributed by atoms with Gasteiger partial charge < -0.3 is 5.32 Å². The molecule has 26 heavy (non-hydrogen) atoms. The van der Waals surface area contributed by atoms with Crippen molar-refractivity contribution in [3.63, 3.8) is 0 Å². The lowest BCUT2D eigenvalue weighted by atomic mass is 9.92. The highest BCUT2D eigenvalue weighted by molar-refractivity contribution is 6.11. The summed E-state index contributed by atoms with van der Waals surface area (Å²) in [5.41, 5.74) is 1.33. The smallest absolute Gasteiger partial charge is 0.319 e. The zero-order valence-corrected chi connectivity index (χ0v) is 14.8. The Morgan fingerprint density at radius 2 is 1.77 bits per heavy atom. The summed E-state index contributed by atoms with van der Waals surface area (Å²) < 4.78 is 13.2. The summed E-state index contributed by atoms with van der Waals surface area (Å²) in [6.45, 7) is 4.88. The van der Waals surface area contributed by atoms with Crippen LogP contribution in [0.5, 0.6) is 0 Å². The van der Waals surface area contributed by atoms with Gasteiger partial charge in [-0.3, -0.25) is 14.5 Å². The molecule has 134 valence electrons. The number of imide groups is 1. The summed E-state index contributed by atoms with van der Waals surface area (Å²) in [6, 6.07) is 10.2. The third-order valence-electron chi connectivity index (χ3n) is 4.69. The number of aryl methyl sites for hydroxylation is 2. The molecule has 1 aliphatic rings. The molecule has 6 heteroatoms. The van der Waals surface area contributed by atoms with Crippen LogP contribution in [0, 0.1) is 19.7 Å². The Labute approximate surface area is 150 Å². The third kappa shape index (κ3) is 2.98. The topological polar surface area (TPSA) is 66.5 Å². The number of nitrogens with zero attached hydrogens (tertiary/aromatic N) is 1. The van der Waals surface area contributed by atoms with E-state index in [-0.39, 0.29) is 12.3 Å². The van der Waals surface area contributed by atoms with E-state index in [0.717, 1.165) is 16.0 Å². The van der Waals surface area contributed by atoms with Crippen LogP contribution in [0.4, 0.5) is 9.18 Å². The Hall–Kier alpha value is -3.02. The molecular weight excluding hydrogens is 335 g/mol. The van der Waals surface area contributed by atoms with E-state index in [1.807, 2.05) is 19.1 Å². The van der Waals surface area contributed by atoms with E-state index in [1.54, 1.807) is 19.9 Å². The average molecular weight is 354 g/mol. The van der Waals surface area contributed by atoms with Crippen molar-refractivity contribution < 1.29 is 18.8 Å². The number of rotatable bonds is 4. The number of halogens is 1. The second-order valence-electron chi connectivity index (χ2n) is 6.69. The van der Waals surface area contributed by atoms with E-state index in [2.05, 4.69) is 5.32 Å². The van der Waals surface area contributed by atoms with Crippen molar-refractivity contribution in [2.24, 2.45) is 0 Å². The molecule has 1 atom stereocenters. The number of ketones is 1. The molecule has 0 saturated carbocycles. The first-order valence-corrected chi connectivity index (χ1v) is 8.23. The minimum absolute atomic E-state index is 0.307. The first-order valence-electron chi connectivity index (χ1n) is 8.23. The number of urea groups is 1. The van der Waals surface area contributed by atoms with Crippen LogP contribution < -0.4 is 5.32 Å². The highest BCUT2D eigenvalue weighted by Crippen LogP contribution is 2.29. The number of amides is 3. The molecule has 3 rings (SSSR count). The monoisotopic (exact) mass is 354 g/mol. The van der Waals surface area contributed by atoms with E-state index < -0.39 is 23.3 Å². The molecule has 1 saturated heterocycles. The second-order valence-corrected chi connectivity index (χ2v) is 6.69. The van der Waals surface area contributed by atoms with E-state index in [1.165, 1.54) is 24.3 Å². The lowest BCUT2D eigenvalue weighted by Crippen LogP contribution is -2.41. The second kappa shape index (κ2) is 6.37. The molecule has 3 amide bonds. The summed E-state index contributed by atoms with van der Waals surface area (Å²) in [6.07, 6.45) is 0. The minimum atomic E-state index is -1.33. The van der Waals surface area contributed by atoms with Gasteiger partial charge in [-0.15, -0.1) is 0 Å². The van der Waals surface area contributed by atoms with Crippen LogP contribution in [0.2, 0.25) is 0 Å². The molecule has 0 aromatic heterocycles. The summed E-state index contributed by atoms with van der Waals surface area (Å²) in [4.78, 5) is 38.7. The Bertz CT molecular complexity index is 908. The molecule has 0 bridgehead atoms. The molecule has 1 heterocycles. The highest BCUT2D eigenvalue weighted by Gasteiger charge is 2.49. The molecular formula is C20H19FN2O3. The van der Waals surface area contributed by atoms with Gasteiger partial charge in [0, 0.05) is 5.56 Å². The van der Waals surface area contributed by atoms with Gasteiger partial charge in [0.25, 0.3) is 5.91 Å². The number of Topliss-reactive ketones (excluding diaryl/α,β-unsaturated/α-hetero) is 1. The molecule has 2 aromatic carbocycles. The zero-order valence-electron chi connectivity index (χ0n) is 14.8. The van der Waals surface area contributed by atoms with Crippen LogP contribution in [0.1, 0.15) is 34.0 Å². The van der Waals surface area contributed by atoms with Crippen molar-refractivity contribution in [3.8, 4) is 0 Å². The van der Waals surface area contributed by atoms with Gasteiger partial charge in [0.1, 0.15) is 11.4 Å². The SMILES string of the molecule is Cc1ccc(C)c(C(=O)CN2C(=O)NC(C)(c3ccc(F)cc3)C2=O)c1. The maximum absolute atomic E-state index is 13.2. The molecule has 0 aliphatic carbocycles. The Balaban J connectivity index is 1.86. The fourth-order valence-corrected chi connectivity index (χ4v) is 3.08. The van der Waals surface area contributed by atoms with Crippen LogP contribution in [-0.4, -0.2) is 29.2 Å². The predicted molar refractivity (Wildman–Crippen MR) is 94.2 cm³/mol. The molecule has 1 unspecified atom stereocenters. The zero-order chi connectivity index (χ0) is 19.1. The molecule has 0 spiro atoms. The number of hydrogen-bond acceptors (Lipinski definition) is 3. The van der Waals surface area contributed by atoms with Crippen LogP contribution in [0.3, 0.4) is 0 Å². The fourth-order valence-electron chi connectivity index (χ4n) is 3.08. The highest BCUT2D eigenvalue weighted by atomic mass is 19.1. The fraction of sp³-hybridized carbons (Fsp3) is 0.250. The summed E-state index contributed by atoms with van der Waals surface area (Å²) in [5, 5.41) is 2.61. The van der Waals surface area contributed by atoms with Gasteiger partial charge in [0.2, 0.25) is 0 Å². The van der Waals surface area contributed by atoms with Crippen LogP contribution >= 0.6 is 0 Å². The summed E-state index contributed by atoms with van der Waals surface area (Å²) in [5.74, 6) is -1.28. The average Bonchev–Trinajstić information content (AvgIpc) is 2.81. The maximum atomic E-state index is 13.2. The normalized spacial score (nSPS) is 19.6. The molecule has 0 radical (unpaired) electrons. The van der Waals surface area contributed by atoms with E-state index in [4.69, 9.17) is 0 Å². The lowest BCUT2D eigenvalue weighted by molar-refractivity contribution is -0.130. The van der Waals surface area contributed by atoms with Crippen LogP contribution in [0.25, 0.3) is 0 Å². The van der Waals surface area contributed by atoms with Crippen molar-refractivity contribution in [2.45, 2.75) is 26.3 Å². The van der Waals surface area contributed by atoms with E-state index >= 15 is 0 Å². The lowest BCUT2D eigenvalue weighted by Gasteiger charge is -2.22. The third-order valence-corrected chi connectivity index (χ3v) is 4.69. The quantitative estimate of drug-likeness (QED) is 0.678. The molecule has 1 aliphatic heterocycles. The molecule has 5 nitrogen and oxygen atoms in total. The van der Waals surface area contributed by atoms with Crippen molar-refractivity contribution >= 4 is 17.7 Å². The van der Waals surface area contributed by atoms with E-state index in [0.29, 0.717) is 11.1 Å². The molecule has 1 fully saturated rings. The van der Waals surface area contributed by atoms with Gasteiger partial charge >= 0.3 is 6.03 Å². The standard InChI is InChI=1S/C20H19FN2O3/c1-12-4-5-13(2)16(10-12)17(24)11-23-18(25)20(3,22-19(23)26)14-6-8-15(21)9-7-14/h4-10H,11H2,1-3H3,(H,22,26). The Kier molecular flexibility index (Phi) is 4.36. The number of carbonyl (C=O) groups is 3. The largest absolute Gasteiger partial charge is 0.325 e. The van der Waals surface area contributed by atoms with Crippen LogP contribution in [0.15, 0.2) is 42.5 Å². The van der Waals surface area contributed by atoms with Gasteiger partial charge in [0.15, 0.2) is 5.78 Å². The van der Waals surface area contributed by atoms with Gasteiger partial charge in [-0.25, -0.2) is 9.18 Å². The van der Waals surface area contributed by atoms with Crippen molar-refractivity contribution in [3.05, 3.63) is 70.5 Å². The van der Waals surface area contributed by atoms with Crippen molar-refractivity contribution in [2.75, 3.05) is 6.54 Å². The molecule has 2 aromatic rings. The molecule has 1 N–H and O–H groups in total. The summed E-state index contributed by atoms with van der Waals surface area (Å²) in [7, 11) is 0. The van der Waals surface area contributed by atoms with Gasteiger partial charge in [-0.2, -0.15) is 0 Å². The van der Waals surface area contributed by atoms with Crippen molar-refractivity contribution in [1.82, 2.24) is 10.2 Å². The minimum Gasteiger partial charge on any atom is -0.319 e. The summed E-state index contributed by atoms with van der Waals surface area (Å²) >= 11 is 0. The predicted octanol–water partition coefficient (Wildman–Crippen LogP) is 3.09. The first kappa shape index (κ1) is 17.8. The number of nitrogens with one attached hydrogen (secondary N) is 1. The number of benzene rings is 2. The Morgan fingerprint density at radius 3 is 2.42 bits per heavy atom. The first-order chi connectivity index (χ1) is 12.2.